The van der Waals surface area contributed by atoms with Gasteiger partial charge in [-0.25, -0.2) is 4.39 Å². The summed E-state index contributed by atoms with van der Waals surface area (Å²) >= 11 is 5.01. The normalized spacial score (nSPS) is 12.6. The van der Waals surface area contributed by atoms with Gasteiger partial charge in [0.1, 0.15) is 0 Å². The standard InChI is InChI=1S/C10H15ClFN3O/c1-4-15-7(3)8(6(2)14-15)5-13-10(16)9(11)12/h9H,4-5H2,1-3H3,(H,13,16)/p+1. The van der Waals surface area contributed by atoms with Crippen LogP contribution in [0.1, 0.15) is 23.9 Å². The van der Waals surface area contributed by atoms with Gasteiger partial charge in [0.2, 0.25) is 5.69 Å². The molecule has 4 nitrogen and oxygen atoms in total. The summed E-state index contributed by atoms with van der Waals surface area (Å²) in [6.07, 6.45) is 0. The van der Waals surface area contributed by atoms with Crippen molar-refractivity contribution in [3.8, 4) is 0 Å². The lowest BCUT2D eigenvalue weighted by atomic mass is 10.2. The minimum absolute atomic E-state index is 0.285. The van der Waals surface area contributed by atoms with Crippen LogP contribution in [0.4, 0.5) is 4.39 Å². The molecule has 90 valence electrons. The van der Waals surface area contributed by atoms with Crippen molar-refractivity contribution in [2.24, 2.45) is 0 Å². The van der Waals surface area contributed by atoms with Gasteiger partial charge in [0.25, 0.3) is 11.5 Å². The van der Waals surface area contributed by atoms with Crippen LogP contribution < -0.4 is 10.00 Å². The van der Waals surface area contributed by atoms with Crippen molar-refractivity contribution in [3.05, 3.63) is 17.0 Å². The highest BCUT2D eigenvalue weighted by Gasteiger charge is 2.19. The van der Waals surface area contributed by atoms with E-state index in [1.54, 1.807) is 0 Å². The number of halogens is 2. The number of carbonyl (C=O) groups is 1. The summed E-state index contributed by atoms with van der Waals surface area (Å²) in [6.45, 7) is 6.98. The van der Waals surface area contributed by atoms with Gasteiger partial charge in [0.15, 0.2) is 6.54 Å². The van der Waals surface area contributed by atoms with Crippen LogP contribution in [0.3, 0.4) is 0 Å². The van der Waals surface area contributed by atoms with Crippen LogP contribution >= 0.6 is 11.6 Å². The highest BCUT2D eigenvalue weighted by Crippen LogP contribution is 2.08. The molecule has 1 amide bonds. The number of nitrogens with one attached hydrogen (secondary N) is 2. The van der Waals surface area contributed by atoms with Gasteiger partial charge < -0.3 is 5.32 Å². The zero-order valence-electron chi connectivity index (χ0n) is 9.60. The average Bonchev–Trinajstić information content (AvgIpc) is 2.51. The highest BCUT2D eigenvalue weighted by molar-refractivity contribution is 6.29. The summed E-state index contributed by atoms with van der Waals surface area (Å²) in [5, 5.41) is 5.59. The van der Waals surface area contributed by atoms with Crippen molar-refractivity contribution in [2.75, 3.05) is 0 Å². The van der Waals surface area contributed by atoms with Gasteiger partial charge in [-0.05, 0) is 13.8 Å². The number of nitrogens with zero attached hydrogens (tertiary/aromatic N) is 1. The second kappa shape index (κ2) is 5.30. The third-order valence-corrected chi connectivity index (χ3v) is 2.75. The van der Waals surface area contributed by atoms with Crippen LogP contribution in [0, 0.1) is 13.8 Å². The van der Waals surface area contributed by atoms with Crippen molar-refractivity contribution in [1.29, 1.82) is 0 Å². The predicted octanol–water partition coefficient (Wildman–Crippen LogP) is 1.09. The topological polar surface area (TPSA) is 48.8 Å². The summed E-state index contributed by atoms with van der Waals surface area (Å²) in [5.74, 6) is -0.801. The van der Waals surface area contributed by atoms with E-state index in [4.69, 9.17) is 11.6 Å². The van der Waals surface area contributed by atoms with Crippen LogP contribution in [0.15, 0.2) is 0 Å². The fourth-order valence-electron chi connectivity index (χ4n) is 1.62. The minimum Gasteiger partial charge on any atom is -0.348 e. The van der Waals surface area contributed by atoms with E-state index in [1.165, 1.54) is 0 Å². The number of hydrogen-bond acceptors (Lipinski definition) is 1. The Morgan fingerprint density at radius 3 is 2.69 bits per heavy atom. The lowest BCUT2D eigenvalue weighted by Crippen LogP contribution is -2.37. The van der Waals surface area contributed by atoms with Gasteiger partial charge in [-0.1, -0.05) is 11.6 Å². The van der Waals surface area contributed by atoms with E-state index >= 15 is 0 Å². The fourth-order valence-corrected chi connectivity index (χ4v) is 1.69. The first-order valence-electron chi connectivity index (χ1n) is 5.11. The minimum atomic E-state index is -1.99. The SMILES string of the molecule is CC[n+]1[nH]c(C)c(CNC(=O)C(F)Cl)c1C. The Labute approximate surface area is 98.8 Å². The summed E-state index contributed by atoms with van der Waals surface area (Å²) in [7, 11) is 0. The largest absolute Gasteiger partial charge is 0.348 e. The molecular weight excluding hydrogens is 233 g/mol. The van der Waals surface area contributed by atoms with Crippen molar-refractivity contribution in [1.82, 2.24) is 10.4 Å². The Hall–Kier alpha value is -1.10. The quantitative estimate of drug-likeness (QED) is 0.608. The van der Waals surface area contributed by atoms with Gasteiger partial charge in [-0.3, -0.25) is 4.79 Å². The molecule has 0 aliphatic carbocycles. The van der Waals surface area contributed by atoms with Gasteiger partial charge in [-0.2, -0.15) is 5.10 Å². The molecule has 0 bridgehead atoms. The van der Waals surface area contributed by atoms with E-state index in [0.717, 1.165) is 23.5 Å². The fraction of sp³-hybridized carbons (Fsp3) is 0.600. The van der Waals surface area contributed by atoms with E-state index < -0.39 is 11.5 Å². The molecule has 1 aromatic heterocycles. The molecular formula is C10H16ClFN3O+. The van der Waals surface area contributed by atoms with Crippen LogP contribution in [0.5, 0.6) is 0 Å². The number of amides is 1. The molecule has 0 fully saturated rings. The Kier molecular flexibility index (Phi) is 4.29. The second-order valence-electron chi connectivity index (χ2n) is 3.56. The number of aromatic nitrogens is 2. The number of hydrogen-bond donors (Lipinski definition) is 2. The molecule has 1 unspecified atom stereocenters. The van der Waals surface area contributed by atoms with Gasteiger partial charge in [0, 0.05) is 6.92 Å². The molecule has 0 saturated heterocycles. The van der Waals surface area contributed by atoms with Crippen LogP contribution in [-0.2, 0) is 17.9 Å². The molecule has 0 aliphatic heterocycles. The lowest BCUT2D eigenvalue weighted by molar-refractivity contribution is -0.752. The number of H-pyrrole nitrogens is 1. The van der Waals surface area contributed by atoms with E-state index in [0.29, 0.717) is 0 Å². The number of rotatable bonds is 4. The van der Waals surface area contributed by atoms with Crippen LogP contribution in [0.2, 0.25) is 0 Å². The van der Waals surface area contributed by atoms with Crippen molar-refractivity contribution in [2.45, 2.75) is 39.5 Å². The third-order valence-electron chi connectivity index (χ3n) is 2.55. The first-order chi connectivity index (χ1) is 7.47. The van der Waals surface area contributed by atoms with E-state index in [1.807, 2.05) is 25.5 Å². The molecule has 1 atom stereocenters. The molecule has 0 spiro atoms. The maximum Gasteiger partial charge on any atom is 0.270 e. The van der Waals surface area contributed by atoms with Crippen molar-refractivity contribution in [3.63, 3.8) is 0 Å². The summed E-state index contributed by atoms with van der Waals surface area (Å²) in [4.78, 5) is 11.0. The van der Waals surface area contributed by atoms with Gasteiger partial charge >= 0.3 is 0 Å². The monoisotopic (exact) mass is 248 g/mol. The Morgan fingerprint density at radius 2 is 2.25 bits per heavy atom. The van der Waals surface area contributed by atoms with Crippen molar-refractivity contribution < 1.29 is 13.9 Å². The Bertz CT molecular complexity index is 390. The molecule has 2 N–H and O–H groups in total. The Morgan fingerprint density at radius 1 is 1.62 bits per heavy atom. The van der Waals surface area contributed by atoms with Crippen LogP contribution in [-0.4, -0.2) is 16.6 Å². The predicted molar refractivity (Wildman–Crippen MR) is 58.7 cm³/mol. The van der Waals surface area contributed by atoms with E-state index in [9.17, 15) is 9.18 Å². The number of aryl methyl sites for hydroxylation is 2. The first-order valence-corrected chi connectivity index (χ1v) is 5.54. The third kappa shape index (κ3) is 2.72. The number of carbonyl (C=O) groups excluding carboxylic acids is 1. The maximum atomic E-state index is 12.4. The first kappa shape index (κ1) is 13.0. The zero-order chi connectivity index (χ0) is 12.3. The molecule has 0 aliphatic rings. The molecule has 0 saturated carbocycles. The molecule has 1 heterocycles. The van der Waals surface area contributed by atoms with E-state index in [2.05, 4.69) is 10.4 Å². The summed E-state index contributed by atoms with van der Waals surface area (Å²) in [6, 6.07) is 0. The molecule has 0 radical (unpaired) electrons. The zero-order valence-corrected chi connectivity index (χ0v) is 10.4. The number of aromatic amines is 1. The summed E-state index contributed by atoms with van der Waals surface area (Å²) < 4.78 is 14.4. The van der Waals surface area contributed by atoms with Crippen LogP contribution in [0.25, 0.3) is 0 Å². The number of alkyl halides is 2. The van der Waals surface area contributed by atoms with Gasteiger partial charge in [0.05, 0.1) is 17.8 Å². The molecule has 0 aromatic carbocycles. The van der Waals surface area contributed by atoms with Gasteiger partial charge in [-0.15, -0.1) is 4.68 Å². The highest BCUT2D eigenvalue weighted by atomic mass is 35.5. The van der Waals surface area contributed by atoms with Crippen molar-refractivity contribution >= 4 is 17.5 Å². The van der Waals surface area contributed by atoms with E-state index in [-0.39, 0.29) is 6.54 Å². The second-order valence-corrected chi connectivity index (χ2v) is 3.95. The Balaban J connectivity index is 2.74. The summed E-state index contributed by atoms with van der Waals surface area (Å²) in [5.41, 5.74) is 0.972. The molecule has 6 heteroatoms. The lowest BCUT2D eigenvalue weighted by Gasteiger charge is -2.03. The average molecular weight is 249 g/mol. The molecule has 1 aromatic rings. The molecule has 16 heavy (non-hydrogen) atoms. The maximum absolute atomic E-state index is 12.4. The smallest absolute Gasteiger partial charge is 0.270 e. The molecule has 1 rings (SSSR count).